The van der Waals surface area contributed by atoms with E-state index in [9.17, 15) is 9.90 Å². The zero-order valence-corrected chi connectivity index (χ0v) is 15.0. The number of carboxylic acids is 1. The Kier molecular flexibility index (Phi) is 4.63. The molecule has 1 N–H and O–H groups in total. The molecule has 6 heteroatoms. The molecule has 0 bridgehead atoms. The highest BCUT2D eigenvalue weighted by atomic mass is 16.7. The van der Waals surface area contributed by atoms with Crippen LogP contribution in [0.4, 0.5) is 0 Å². The number of nitrogens with zero attached hydrogens (tertiary/aromatic N) is 2. The van der Waals surface area contributed by atoms with Gasteiger partial charge in [0, 0.05) is 38.6 Å². The van der Waals surface area contributed by atoms with Crippen LogP contribution in [0.15, 0.2) is 30.9 Å². The molecule has 4 rings (SSSR count). The second-order valence-corrected chi connectivity index (χ2v) is 7.67. The molecule has 0 saturated carbocycles. The number of hydrogen-bond donors (Lipinski definition) is 1. The van der Waals surface area contributed by atoms with Crippen LogP contribution in [0.3, 0.4) is 0 Å². The van der Waals surface area contributed by atoms with Crippen molar-refractivity contribution in [1.29, 1.82) is 0 Å². The number of benzene rings is 1. The van der Waals surface area contributed by atoms with Gasteiger partial charge in [-0.1, -0.05) is 12.1 Å². The van der Waals surface area contributed by atoms with Crippen molar-refractivity contribution < 1.29 is 19.4 Å². The van der Waals surface area contributed by atoms with Crippen molar-refractivity contribution >= 4 is 5.97 Å². The van der Waals surface area contributed by atoms with Crippen molar-refractivity contribution in [2.45, 2.75) is 19.4 Å². The first-order valence-electron chi connectivity index (χ1n) is 9.28. The van der Waals surface area contributed by atoms with Crippen LogP contribution in [0.5, 0.6) is 11.5 Å². The third-order valence-electron chi connectivity index (χ3n) is 6.00. The average molecular weight is 358 g/mol. The van der Waals surface area contributed by atoms with E-state index in [4.69, 9.17) is 9.47 Å². The Balaban J connectivity index is 1.50. The van der Waals surface area contributed by atoms with Crippen LogP contribution in [0.2, 0.25) is 0 Å². The fraction of sp³-hybridized carbons (Fsp3) is 0.550. The fourth-order valence-corrected chi connectivity index (χ4v) is 4.73. The van der Waals surface area contributed by atoms with E-state index in [1.807, 2.05) is 18.2 Å². The molecule has 6 nitrogen and oxygen atoms in total. The standard InChI is InChI=1S/C20H26N2O4/c1-2-7-22-12-16-11-21(8-3-6-20(16,13-22)19(23)24)10-15-4-5-17-18(9-15)26-14-25-17/h2,4-5,9,16H,1,3,6-8,10-14H2,(H,23,24)/t16-,20-/m1/s1. The van der Waals surface area contributed by atoms with Crippen molar-refractivity contribution in [3.63, 3.8) is 0 Å². The number of carboxylic acid groups (broad SMARTS) is 1. The Bertz CT molecular complexity index is 707. The first-order valence-corrected chi connectivity index (χ1v) is 9.28. The van der Waals surface area contributed by atoms with Crippen LogP contribution in [-0.2, 0) is 11.3 Å². The number of ether oxygens (including phenoxy) is 2. The molecule has 26 heavy (non-hydrogen) atoms. The summed E-state index contributed by atoms with van der Waals surface area (Å²) in [4.78, 5) is 16.8. The Morgan fingerprint density at radius 2 is 2.12 bits per heavy atom. The summed E-state index contributed by atoms with van der Waals surface area (Å²) < 4.78 is 10.9. The summed E-state index contributed by atoms with van der Waals surface area (Å²) >= 11 is 0. The number of carbonyl (C=O) groups is 1. The van der Waals surface area contributed by atoms with Gasteiger partial charge in [-0.05, 0) is 37.1 Å². The molecule has 2 atom stereocenters. The van der Waals surface area contributed by atoms with Gasteiger partial charge in [-0.25, -0.2) is 0 Å². The first kappa shape index (κ1) is 17.4. The molecule has 0 amide bonds. The maximum Gasteiger partial charge on any atom is 0.311 e. The van der Waals surface area contributed by atoms with Gasteiger partial charge < -0.3 is 14.6 Å². The van der Waals surface area contributed by atoms with Gasteiger partial charge in [-0.15, -0.1) is 6.58 Å². The number of hydrogen-bond acceptors (Lipinski definition) is 5. The van der Waals surface area contributed by atoms with Gasteiger partial charge in [0.25, 0.3) is 0 Å². The number of aliphatic carboxylic acids is 1. The molecule has 2 saturated heterocycles. The topological polar surface area (TPSA) is 62.2 Å². The Morgan fingerprint density at radius 1 is 1.31 bits per heavy atom. The normalized spacial score (nSPS) is 28.5. The van der Waals surface area contributed by atoms with Gasteiger partial charge in [-0.2, -0.15) is 0 Å². The van der Waals surface area contributed by atoms with Crippen LogP contribution in [-0.4, -0.2) is 60.4 Å². The van der Waals surface area contributed by atoms with E-state index in [2.05, 4.69) is 22.4 Å². The lowest BCUT2D eigenvalue weighted by atomic mass is 9.75. The lowest BCUT2D eigenvalue weighted by molar-refractivity contribution is -0.150. The zero-order chi connectivity index (χ0) is 18.1. The van der Waals surface area contributed by atoms with Gasteiger partial charge in [0.05, 0.1) is 5.41 Å². The lowest BCUT2D eigenvalue weighted by Gasteiger charge is -2.29. The predicted molar refractivity (Wildman–Crippen MR) is 97.3 cm³/mol. The molecule has 0 spiro atoms. The van der Waals surface area contributed by atoms with Crippen molar-refractivity contribution in [3.05, 3.63) is 36.4 Å². The van der Waals surface area contributed by atoms with Crippen LogP contribution in [0.25, 0.3) is 0 Å². The lowest BCUT2D eigenvalue weighted by Crippen LogP contribution is -2.41. The summed E-state index contributed by atoms with van der Waals surface area (Å²) in [5, 5.41) is 9.99. The largest absolute Gasteiger partial charge is 0.481 e. The van der Waals surface area contributed by atoms with Crippen LogP contribution in [0, 0.1) is 11.3 Å². The smallest absolute Gasteiger partial charge is 0.311 e. The van der Waals surface area contributed by atoms with Crippen LogP contribution in [0.1, 0.15) is 18.4 Å². The molecule has 0 aromatic heterocycles. The predicted octanol–water partition coefficient (Wildman–Crippen LogP) is 2.20. The number of rotatable bonds is 5. The zero-order valence-electron chi connectivity index (χ0n) is 15.0. The summed E-state index contributed by atoms with van der Waals surface area (Å²) in [7, 11) is 0. The fourth-order valence-electron chi connectivity index (χ4n) is 4.73. The highest BCUT2D eigenvalue weighted by Crippen LogP contribution is 2.43. The van der Waals surface area contributed by atoms with Crippen molar-refractivity contribution in [2.24, 2.45) is 11.3 Å². The van der Waals surface area contributed by atoms with Crippen LogP contribution < -0.4 is 9.47 Å². The molecule has 1 aromatic carbocycles. The summed E-state index contributed by atoms with van der Waals surface area (Å²) in [5.41, 5.74) is 0.560. The van der Waals surface area contributed by atoms with E-state index in [1.54, 1.807) is 0 Å². The molecule has 3 heterocycles. The molecule has 140 valence electrons. The third-order valence-corrected chi connectivity index (χ3v) is 6.00. The first-order chi connectivity index (χ1) is 12.6. The molecule has 0 unspecified atom stereocenters. The van der Waals surface area contributed by atoms with E-state index < -0.39 is 11.4 Å². The van der Waals surface area contributed by atoms with E-state index in [0.717, 1.165) is 57.1 Å². The molecular formula is C20H26N2O4. The van der Waals surface area contributed by atoms with Gasteiger partial charge in [-0.3, -0.25) is 14.6 Å². The Hall–Kier alpha value is -2.05. The molecule has 0 radical (unpaired) electrons. The van der Waals surface area contributed by atoms with E-state index in [0.29, 0.717) is 6.54 Å². The molecule has 3 aliphatic heterocycles. The molecule has 2 fully saturated rings. The Morgan fingerprint density at radius 3 is 2.92 bits per heavy atom. The minimum Gasteiger partial charge on any atom is -0.481 e. The van der Waals surface area contributed by atoms with Crippen molar-refractivity contribution in [1.82, 2.24) is 9.80 Å². The summed E-state index contributed by atoms with van der Waals surface area (Å²) in [6, 6.07) is 6.07. The summed E-state index contributed by atoms with van der Waals surface area (Å²) in [5.74, 6) is 1.11. The SMILES string of the molecule is C=CCN1C[C@H]2CN(Cc3ccc4c(c3)OCO4)CCC[C@@]2(C(=O)O)C1. The van der Waals surface area contributed by atoms with Gasteiger partial charge >= 0.3 is 5.97 Å². The van der Waals surface area contributed by atoms with Crippen LogP contribution >= 0.6 is 0 Å². The highest BCUT2D eigenvalue weighted by molar-refractivity contribution is 5.76. The number of fused-ring (bicyclic) bond motifs is 2. The van der Waals surface area contributed by atoms with Gasteiger partial charge in [0.15, 0.2) is 11.5 Å². The maximum atomic E-state index is 12.2. The van der Waals surface area contributed by atoms with E-state index in [-0.39, 0.29) is 12.7 Å². The minimum atomic E-state index is -0.640. The number of likely N-dealkylation sites (tertiary alicyclic amines) is 2. The van der Waals surface area contributed by atoms with Gasteiger partial charge in [0.1, 0.15) is 0 Å². The molecule has 3 aliphatic rings. The second kappa shape index (κ2) is 6.93. The summed E-state index contributed by atoms with van der Waals surface area (Å²) in [6.45, 7) is 8.87. The second-order valence-electron chi connectivity index (χ2n) is 7.67. The van der Waals surface area contributed by atoms with Crippen molar-refractivity contribution in [3.8, 4) is 11.5 Å². The quantitative estimate of drug-likeness (QED) is 0.815. The van der Waals surface area contributed by atoms with E-state index in [1.165, 1.54) is 5.56 Å². The highest BCUT2D eigenvalue weighted by Gasteiger charge is 2.52. The Labute approximate surface area is 154 Å². The van der Waals surface area contributed by atoms with Crippen molar-refractivity contribution in [2.75, 3.05) is 39.5 Å². The third kappa shape index (κ3) is 3.08. The molecular weight excluding hydrogens is 332 g/mol. The minimum absolute atomic E-state index is 0.150. The van der Waals surface area contributed by atoms with Gasteiger partial charge in [0.2, 0.25) is 6.79 Å². The van der Waals surface area contributed by atoms with E-state index >= 15 is 0 Å². The average Bonchev–Trinajstić information content (AvgIpc) is 3.16. The summed E-state index contributed by atoms with van der Waals surface area (Å²) in [6.07, 6.45) is 3.53. The molecule has 0 aliphatic carbocycles. The maximum absolute atomic E-state index is 12.2. The molecule has 1 aromatic rings. The monoisotopic (exact) mass is 358 g/mol.